The maximum absolute atomic E-state index is 4.55. The molecule has 3 nitrogen and oxygen atoms in total. The Morgan fingerprint density at radius 1 is 1.21 bits per heavy atom. The first-order valence-electron chi connectivity index (χ1n) is 7.93. The maximum atomic E-state index is 4.55. The van der Waals surface area contributed by atoms with Crippen molar-refractivity contribution in [3.8, 4) is 0 Å². The van der Waals surface area contributed by atoms with Gasteiger partial charge in [0.15, 0.2) is 0 Å². The van der Waals surface area contributed by atoms with Gasteiger partial charge < -0.3 is 9.88 Å². The zero-order valence-electron chi connectivity index (χ0n) is 12.4. The van der Waals surface area contributed by atoms with E-state index in [1.54, 1.807) is 0 Å². The van der Waals surface area contributed by atoms with Crippen LogP contribution < -0.4 is 5.32 Å². The van der Waals surface area contributed by atoms with Gasteiger partial charge >= 0.3 is 0 Å². The van der Waals surface area contributed by atoms with E-state index in [1.165, 1.54) is 51.4 Å². The number of anilines is 1. The normalized spacial score (nSPS) is 27.6. The largest absolute Gasteiger partial charge is 0.353 e. The average Bonchev–Trinajstić information content (AvgIpc) is 2.96. The third-order valence-electron chi connectivity index (χ3n) is 4.93. The third-order valence-corrected chi connectivity index (χ3v) is 4.93. The SMILES string of the molecule is CC1(C)CCCC(Nc2nccn2C2CCCC2)C1. The zero-order valence-corrected chi connectivity index (χ0v) is 12.4. The van der Waals surface area contributed by atoms with Gasteiger partial charge in [0, 0.05) is 24.5 Å². The number of hydrogen-bond acceptors (Lipinski definition) is 2. The molecule has 1 N–H and O–H groups in total. The summed E-state index contributed by atoms with van der Waals surface area (Å²) in [6.45, 7) is 4.79. The fourth-order valence-corrected chi connectivity index (χ4v) is 3.91. The minimum atomic E-state index is 0.487. The first-order chi connectivity index (χ1) is 9.14. The Morgan fingerprint density at radius 3 is 2.74 bits per heavy atom. The molecule has 106 valence electrons. The molecule has 0 amide bonds. The van der Waals surface area contributed by atoms with Gasteiger partial charge in [-0.3, -0.25) is 0 Å². The summed E-state index contributed by atoms with van der Waals surface area (Å²) < 4.78 is 2.38. The van der Waals surface area contributed by atoms with Crippen LogP contribution in [0.15, 0.2) is 12.4 Å². The van der Waals surface area contributed by atoms with E-state index in [0.29, 0.717) is 17.5 Å². The molecule has 0 aliphatic heterocycles. The highest BCUT2D eigenvalue weighted by molar-refractivity contribution is 5.29. The highest BCUT2D eigenvalue weighted by atomic mass is 15.2. The molecular formula is C16H27N3. The van der Waals surface area contributed by atoms with Gasteiger partial charge in [-0.25, -0.2) is 4.98 Å². The van der Waals surface area contributed by atoms with Crippen molar-refractivity contribution >= 4 is 5.95 Å². The molecule has 0 spiro atoms. The summed E-state index contributed by atoms with van der Waals surface area (Å²) in [4.78, 5) is 4.55. The van der Waals surface area contributed by atoms with Gasteiger partial charge in [-0.2, -0.15) is 0 Å². The van der Waals surface area contributed by atoms with E-state index in [4.69, 9.17) is 0 Å². The fraction of sp³-hybridized carbons (Fsp3) is 0.812. The second-order valence-electron chi connectivity index (χ2n) is 7.20. The Bertz CT molecular complexity index is 415. The molecule has 19 heavy (non-hydrogen) atoms. The lowest BCUT2D eigenvalue weighted by atomic mass is 9.75. The van der Waals surface area contributed by atoms with E-state index in [2.05, 4.69) is 34.9 Å². The predicted octanol–water partition coefficient (Wildman–Crippen LogP) is 4.38. The van der Waals surface area contributed by atoms with E-state index in [-0.39, 0.29) is 0 Å². The second-order valence-corrected chi connectivity index (χ2v) is 7.20. The molecular weight excluding hydrogens is 234 g/mol. The number of nitrogens with zero attached hydrogens (tertiary/aromatic N) is 2. The molecule has 1 atom stereocenters. The summed E-state index contributed by atoms with van der Waals surface area (Å²) in [6, 6.07) is 1.29. The number of rotatable bonds is 3. The molecule has 2 fully saturated rings. The van der Waals surface area contributed by atoms with Crippen molar-refractivity contribution in [1.29, 1.82) is 0 Å². The molecule has 2 aliphatic carbocycles. The summed E-state index contributed by atoms with van der Waals surface area (Å²) in [5.41, 5.74) is 0.487. The van der Waals surface area contributed by atoms with Crippen molar-refractivity contribution in [3.63, 3.8) is 0 Å². The van der Waals surface area contributed by atoms with Crippen molar-refractivity contribution in [2.24, 2.45) is 5.41 Å². The Balaban J connectivity index is 1.68. The molecule has 0 aromatic carbocycles. The topological polar surface area (TPSA) is 29.9 Å². The zero-order chi connectivity index (χ0) is 13.3. The Hall–Kier alpha value is -0.990. The van der Waals surface area contributed by atoms with Crippen LogP contribution in [0.2, 0.25) is 0 Å². The summed E-state index contributed by atoms with van der Waals surface area (Å²) in [5, 5.41) is 3.71. The van der Waals surface area contributed by atoms with Crippen molar-refractivity contribution in [2.45, 2.75) is 77.3 Å². The van der Waals surface area contributed by atoms with E-state index in [1.807, 2.05) is 6.20 Å². The third kappa shape index (κ3) is 2.96. The minimum absolute atomic E-state index is 0.487. The lowest BCUT2D eigenvalue weighted by Crippen LogP contribution is -2.32. The van der Waals surface area contributed by atoms with Crippen LogP contribution >= 0.6 is 0 Å². The summed E-state index contributed by atoms with van der Waals surface area (Å²) >= 11 is 0. The quantitative estimate of drug-likeness (QED) is 0.875. The Morgan fingerprint density at radius 2 is 2.00 bits per heavy atom. The van der Waals surface area contributed by atoms with Gasteiger partial charge in [0.1, 0.15) is 0 Å². The van der Waals surface area contributed by atoms with E-state index in [9.17, 15) is 0 Å². The van der Waals surface area contributed by atoms with Crippen LogP contribution in [0.3, 0.4) is 0 Å². The smallest absolute Gasteiger partial charge is 0.203 e. The van der Waals surface area contributed by atoms with Crippen LogP contribution in [0.5, 0.6) is 0 Å². The van der Waals surface area contributed by atoms with E-state index < -0.39 is 0 Å². The van der Waals surface area contributed by atoms with Gasteiger partial charge in [0.05, 0.1) is 0 Å². The number of nitrogens with one attached hydrogen (secondary N) is 1. The summed E-state index contributed by atoms with van der Waals surface area (Å²) in [7, 11) is 0. The maximum Gasteiger partial charge on any atom is 0.203 e. The van der Waals surface area contributed by atoms with Gasteiger partial charge in [-0.1, -0.05) is 33.1 Å². The predicted molar refractivity (Wildman–Crippen MR) is 79.4 cm³/mol. The van der Waals surface area contributed by atoms with E-state index in [0.717, 1.165) is 5.95 Å². The number of aromatic nitrogens is 2. The fourth-order valence-electron chi connectivity index (χ4n) is 3.91. The monoisotopic (exact) mass is 261 g/mol. The van der Waals surface area contributed by atoms with Gasteiger partial charge in [0.2, 0.25) is 5.95 Å². The van der Waals surface area contributed by atoms with Gasteiger partial charge in [-0.05, 0) is 37.5 Å². The minimum Gasteiger partial charge on any atom is -0.353 e. The highest BCUT2D eigenvalue weighted by Gasteiger charge is 2.29. The van der Waals surface area contributed by atoms with Crippen LogP contribution in [0.1, 0.15) is 71.3 Å². The van der Waals surface area contributed by atoms with Crippen molar-refractivity contribution < 1.29 is 0 Å². The Kier molecular flexibility index (Phi) is 3.55. The molecule has 2 aliphatic rings. The lowest BCUT2D eigenvalue weighted by molar-refractivity contribution is 0.228. The van der Waals surface area contributed by atoms with Gasteiger partial charge in [0.25, 0.3) is 0 Å². The van der Waals surface area contributed by atoms with Crippen molar-refractivity contribution in [3.05, 3.63) is 12.4 Å². The molecule has 0 saturated heterocycles. The first-order valence-corrected chi connectivity index (χ1v) is 7.93. The molecule has 1 aromatic heterocycles. The molecule has 0 bridgehead atoms. The van der Waals surface area contributed by atoms with E-state index >= 15 is 0 Å². The molecule has 2 saturated carbocycles. The lowest BCUT2D eigenvalue weighted by Gasteiger charge is -2.36. The average molecular weight is 261 g/mol. The first kappa shape index (κ1) is 13.0. The Labute approximate surface area is 116 Å². The van der Waals surface area contributed by atoms with Crippen molar-refractivity contribution in [2.75, 3.05) is 5.32 Å². The van der Waals surface area contributed by atoms with Gasteiger partial charge in [-0.15, -0.1) is 0 Å². The van der Waals surface area contributed by atoms with Crippen LogP contribution in [0.25, 0.3) is 0 Å². The number of imidazole rings is 1. The molecule has 1 heterocycles. The van der Waals surface area contributed by atoms with Crippen molar-refractivity contribution in [1.82, 2.24) is 9.55 Å². The standard InChI is InChI=1S/C16H27N3/c1-16(2)9-5-6-13(12-16)18-15-17-10-11-19(15)14-7-3-4-8-14/h10-11,13-14H,3-9,12H2,1-2H3,(H,17,18). The molecule has 1 unspecified atom stereocenters. The van der Waals surface area contributed by atoms with Crippen LogP contribution in [-0.4, -0.2) is 15.6 Å². The van der Waals surface area contributed by atoms with Crippen LogP contribution in [-0.2, 0) is 0 Å². The summed E-state index contributed by atoms with van der Waals surface area (Å²) in [6.07, 6.45) is 14.8. The number of hydrogen-bond donors (Lipinski definition) is 1. The molecule has 3 heteroatoms. The molecule has 0 radical (unpaired) electrons. The molecule has 3 rings (SSSR count). The molecule has 1 aromatic rings. The highest BCUT2D eigenvalue weighted by Crippen LogP contribution is 2.37. The summed E-state index contributed by atoms with van der Waals surface area (Å²) in [5.74, 6) is 1.11. The van der Waals surface area contributed by atoms with Crippen LogP contribution in [0, 0.1) is 5.41 Å². The second kappa shape index (κ2) is 5.18. The van der Waals surface area contributed by atoms with Crippen LogP contribution in [0.4, 0.5) is 5.95 Å².